The fourth-order valence-corrected chi connectivity index (χ4v) is 3.66. The van der Waals surface area contributed by atoms with Crippen LogP contribution in [0.25, 0.3) is 0 Å². The normalized spacial score (nSPS) is 13.4. The molecule has 5 nitrogen and oxygen atoms in total. The van der Waals surface area contributed by atoms with Crippen LogP contribution in [-0.2, 0) is 16.6 Å². The molecule has 0 aromatic carbocycles. The van der Waals surface area contributed by atoms with Crippen LogP contribution in [0.15, 0.2) is 17.2 Å². The fraction of sp³-hybridized carbons (Fsp3) is 0.714. The van der Waals surface area contributed by atoms with Crippen LogP contribution in [-0.4, -0.2) is 30.9 Å². The predicted molar refractivity (Wildman–Crippen MR) is 82.0 cm³/mol. The van der Waals surface area contributed by atoms with Crippen LogP contribution >= 0.6 is 0 Å². The lowest BCUT2D eigenvalue weighted by atomic mass is 9.97. The average Bonchev–Trinajstić information content (AvgIpc) is 2.70. The smallest absolute Gasteiger partial charge is 0.244 e. The number of sulfonamides is 1. The van der Waals surface area contributed by atoms with Crippen molar-refractivity contribution in [2.75, 3.05) is 13.6 Å². The molecule has 0 aliphatic rings. The summed E-state index contributed by atoms with van der Waals surface area (Å²) in [7, 11) is -1.84. The van der Waals surface area contributed by atoms with Gasteiger partial charge in [0.05, 0.1) is 0 Å². The van der Waals surface area contributed by atoms with Crippen LogP contribution in [0.1, 0.15) is 46.4 Å². The van der Waals surface area contributed by atoms with E-state index in [4.69, 9.17) is 5.73 Å². The van der Waals surface area contributed by atoms with Gasteiger partial charge in [-0.05, 0) is 25.3 Å². The summed E-state index contributed by atoms with van der Waals surface area (Å²) < 4.78 is 28.5. The van der Waals surface area contributed by atoms with E-state index in [1.165, 1.54) is 4.31 Å². The molecule has 2 N–H and O–H groups in total. The van der Waals surface area contributed by atoms with Crippen molar-refractivity contribution in [2.24, 2.45) is 11.1 Å². The van der Waals surface area contributed by atoms with Crippen LogP contribution in [0.2, 0.25) is 0 Å². The van der Waals surface area contributed by atoms with Gasteiger partial charge in [0, 0.05) is 38.1 Å². The van der Waals surface area contributed by atoms with Gasteiger partial charge in [0.2, 0.25) is 10.0 Å². The van der Waals surface area contributed by atoms with Crippen LogP contribution in [0, 0.1) is 5.41 Å². The zero-order valence-electron chi connectivity index (χ0n) is 13.3. The predicted octanol–water partition coefficient (Wildman–Crippen LogP) is 2.19. The highest BCUT2D eigenvalue weighted by Crippen LogP contribution is 2.24. The summed E-state index contributed by atoms with van der Waals surface area (Å²) in [6.07, 6.45) is 1.68. The number of rotatable bonds is 5. The topological polar surface area (TPSA) is 68.3 Å². The minimum absolute atomic E-state index is 0.0842. The van der Waals surface area contributed by atoms with Crippen molar-refractivity contribution in [2.45, 2.75) is 52.1 Å². The molecule has 0 saturated carbocycles. The lowest BCUT2D eigenvalue weighted by molar-refractivity contribution is 0.311. The summed E-state index contributed by atoms with van der Waals surface area (Å²) in [6, 6.07) is 1.86. The van der Waals surface area contributed by atoms with Gasteiger partial charge in [-0.15, -0.1) is 0 Å². The van der Waals surface area contributed by atoms with Gasteiger partial charge in [0.15, 0.2) is 0 Å². The first-order valence-electron chi connectivity index (χ1n) is 6.86. The molecule has 6 heteroatoms. The first-order valence-corrected chi connectivity index (χ1v) is 8.30. The number of aromatic nitrogens is 1. The van der Waals surface area contributed by atoms with Gasteiger partial charge < -0.3 is 10.3 Å². The van der Waals surface area contributed by atoms with Gasteiger partial charge in [-0.3, -0.25) is 0 Å². The number of nitrogens with zero attached hydrogens (tertiary/aromatic N) is 2. The van der Waals surface area contributed by atoms with Crippen molar-refractivity contribution in [1.82, 2.24) is 8.87 Å². The van der Waals surface area contributed by atoms with Crippen molar-refractivity contribution in [3.8, 4) is 0 Å². The third-order valence-corrected chi connectivity index (χ3v) is 4.85. The second-order valence-corrected chi connectivity index (χ2v) is 8.74. The monoisotopic (exact) mass is 301 g/mol. The molecule has 0 spiro atoms. The maximum atomic E-state index is 12.6. The molecule has 0 amide bonds. The highest BCUT2D eigenvalue weighted by Gasteiger charge is 2.27. The Balaban J connectivity index is 3.16. The summed E-state index contributed by atoms with van der Waals surface area (Å²) in [5.41, 5.74) is 6.45. The number of hydrogen-bond donors (Lipinski definition) is 1. The third kappa shape index (κ3) is 3.84. The van der Waals surface area contributed by atoms with E-state index in [1.807, 2.05) is 39.2 Å². The largest absolute Gasteiger partial charge is 0.346 e. The second-order valence-electron chi connectivity index (χ2n) is 6.69. The van der Waals surface area contributed by atoms with Gasteiger partial charge in [-0.2, -0.15) is 0 Å². The van der Waals surface area contributed by atoms with E-state index in [0.29, 0.717) is 18.0 Å². The first kappa shape index (κ1) is 17.2. The van der Waals surface area contributed by atoms with Crippen LogP contribution in [0.4, 0.5) is 0 Å². The Hall–Kier alpha value is -0.850. The molecule has 1 heterocycles. The van der Waals surface area contributed by atoms with E-state index in [0.717, 1.165) is 5.69 Å². The molecule has 0 radical (unpaired) electrons. The Kier molecular flexibility index (Phi) is 5.05. The molecule has 0 aliphatic heterocycles. The van der Waals surface area contributed by atoms with Crippen molar-refractivity contribution < 1.29 is 8.42 Å². The molecular formula is C14H27N3O2S. The maximum Gasteiger partial charge on any atom is 0.244 e. The van der Waals surface area contributed by atoms with Gasteiger partial charge in [-0.25, -0.2) is 12.7 Å². The lowest BCUT2D eigenvalue weighted by Gasteiger charge is -2.25. The minimum atomic E-state index is -3.46. The van der Waals surface area contributed by atoms with Crippen LogP contribution < -0.4 is 5.73 Å². The Labute approximate surface area is 122 Å². The first-order chi connectivity index (χ1) is 8.99. The number of hydrogen-bond acceptors (Lipinski definition) is 3. The summed E-state index contributed by atoms with van der Waals surface area (Å²) in [5, 5.41) is 0. The molecule has 1 rings (SSSR count). The summed E-state index contributed by atoms with van der Waals surface area (Å²) >= 11 is 0. The Morgan fingerprint density at radius 1 is 1.35 bits per heavy atom. The summed E-state index contributed by atoms with van der Waals surface area (Å²) in [4.78, 5) is 0.318. The Bertz CT molecular complexity index is 553. The standard InChI is InChI=1S/C14H27N3O2S/c1-11(2)17-9-13(7-12(17)8-15)20(18,19)16(6)10-14(3,4)5/h7,9,11H,8,10,15H2,1-6H3. The molecule has 0 unspecified atom stereocenters. The van der Waals surface area contributed by atoms with Gasteiger partial charge in [0.1, 0.15) is 4.90 Å². The van der Waals surface area contributed by atoms with E-state index in [9.17, 15) is 8.42 Å². The quantitative estimate of drug-likeness (QED) is 0.906. The van der Waals surface area contributed by atoms with E-state index in [2.05, 4.69) is 0 Å². The molecule has 1 aromatic rings. The van der Waals surface area contributed by atoms with Crippen molar-refractivity contribution >= 4 is 10.0 Å². The Morgan fingerprint density at radius 3 is 2.25 bits per heavy atom. The molecule has 0 saturated heterocycles. The zero-order valence-corrected chi connectivity index (χ0v) is 14.2. The molecule has 0 atom stereocenters. The van der Waals surface area contributed by atoms with Crippen LogP contribution in [0.3, 0.4) is 0 Å². The van der Waals surface area contributed by atoms with E-state index in [1.54, 1.807) is 19.3 Å². The van der Waals surface area contributed by atoms with E-state index >= 15 is 0 Å². The summed E-state index contributed by atoms with van der Waals surface area (Å²) in [5.74, 6) is 0. The minimum Gasteiger partial charge on any atom is -0.346 e. The van der Waals surface area contributed by atoms with Crippen molar-refractivity contribution in [3.63, 3.8) is 0 Å². The van der Waals surface area contributed by atoms with Crippen LogP contribution in [0.5, 0.6) is 0 Å². The van der Waals surface area contributed by atoms with Gasteiger partial charge in [-0.1, -0.05) is 20.8 Å². The highest BCUT2D eigenvalue weighted by molar-refractivity contribution is 7.89. The van der Waals surface area contributed by atoms with Gasteiger partial charge in [0.25, 0.3) is 0 Å². The average molecular weight is 301 g/mol. The SMILES string of the molecule is CC(C)n1cc(S(=O)(=O)N(C)CC(C)(C)C)cc1CN. The van der Waals surface area contributed by atoms with Crippen molar-refractivity contribution in [1.29, 1.82) is 0 Å². The lowest BCUT2D eigenvalue weighted by Crippen LogP contribution is -2.34. The molecular weight excluding hydrogens is 274 g/mol. The molecule has 0 bridgehead atoms. The highest BCUT2D eigenvalue weighted by atomic mass is 32.2. The zero-order chi connectivity index (χ0) is 15.7. The van der Waals surface area contributed by atoms with Gasteiger partial charge >= 0.3 is 0 Å². The second kappa shape index (κ2) is 5.87. The summed E-state index contributed by atoms with van der Waals surface area (Å²) in [6.45, 7) is 10.9. The van der Waals surface area contributed by atoms with E-state index < -0.39 is 10.0 Å². The molecule has 20 heavy (non-hydrogen) atoms. The fourth-order valence-electron chi connectivity index (χ4n) is 2.22. The maximum absolute atomic E-state index is 12.6. The molecule has 0 fully saturated rings. The molecule has 1 aromatic heterocycles. The Morgan fingerprint density at radius 2 is 1.90 bits per heavy atom. The number of nitrogens with two attached hydrogens (primary N) is 1. The molecule has 0 aliphatic carbocycles. The van der Waals surface area contributed by atoms with Crippen molar-refractivity contribution in [3.05, 3.63) is 18.0 Å². The third-order valence-electron chi connectivity index (χ3n) is 3.08. The molecule has 116 valence electrons. The van der Waals surface area contributed by atoms with E-state index in [-0.39, 0.29) is 11.5 Å².